The van der Waals surface area contributed by atoms with Crippen LogP contribution in [0, 0.1) is 17.8 Å². The molecule has 0 radical (unpaired) electrons. The SMILES string of the molecule is CC1CCC(C(C)C)C(OC(=O)COC(=O)c2ccc(=O)[nH]c2)C1. The molecule has 24 heavy (non-hydrogen) atoms. The van der Waals surface area contributed by atoms with Gasteiger partial charge in [-0.2, -0.15) is 0 Å². The topological polar surface area (TPSA) is 85.5 Å². The van der Waals surface area contributed by atoms with Gasteiger partial charge in [-0.05, 0) is 36.7 Å². The average Bonchev–Trinajstić information content (AvgIpc) is 2.53. The normalized spacial score (nSPS) is 23.8. The van der Waals surface area contributed by atoms with E-state index in [1.165, 1.54) is 18.3 Å². The molecular weight excluding hydrogens is 310 g/mol. The summed E-state index contributed by atoms with van der Waals surface area (Å²) < 4.78 is 10.5. The highest BCUT2D eigenvalue weighted by Crippen LogP contribution is 2.35. The maximum absolute atomic E-state index is 12.0. The predicted molar refractivity (Wildman–Crippen MR) is 88.6 cm³/mol. The number of esters is 2. The lowest BCUT2D eigenvalue weighted by Gasteiger charge is -2.36. The van der Waals surface area contributed by atoms with Crippen molar-refractivity contribution in [3.05, 3.63) is 34.2 Å². The number of hydrogen-bond donors (Lipinski definition) is 1. The van der Waals surface area contributed by atoms with Crippen LogP contribution in [-0.2, 0) is 14.3 Å². The van der Waals surface area contributed by atoms with Gasteiger partial charge in [-0.3, -0.25) is 4.79 Å². The summed E-state index contributed by atoms with van der Waals surface area (Å²) in [7, 11) is 0. The van der Waals surface area contributed by atoms with Crippen LogP contribution in [0.4, 0.5) is 0 Å². The monoisotopic (exact) mass is 335 g/mol. The zero-order chi connectivity index (χ0) is 17.7. The van der Waals surface area contributed by atoms with Crippen LogP contribution in [0.15, 0.2) is 23.1 Å². The van der Waals surface area contributed by atoms with E-state index in [9.17, 15) is 14.4 Å². The number of nitrogens with one attached hydrogen (secondary N) is 1. The Morgan fingerprint density at radius 3 is 2.67 bits per heavy atom. The largest absolute Gasteiger partial charge is 0.460 e. The van der Waals surface area contributed by atoms with Crippen molar-refractivity contribution in [2.24, 2.45) is 17.8 Å². The fraction of sp³-hybridized carbons (Fsp3) is 0.611. The summed E-state index contributed by atoms with van der Waals surface area (Å²) in [5.41, 5.74) is -0.120. The molecule has 1 aliphatic carbocycles. The predicted octanol–water partition coefficient (Wildman–Crippen LogP) is 2.54. The van der Waals surface area contributed by atoms with E-state index in [1.807, 2.05) is 0 Å². The highest BCUT2D eigenvalue weighted by atomic mass is 16.6. The Balaban J connectivity index is 1.86. The number of carbonyl (C=O) groups excluding carboxylic acids is 2. The number of aromatic nitrogens is 1. The van der Waals surface area contributed by atoms with Crippen molar-refractivity contribution in [1.29, 1.82) is 0 Å². The van der Waals surface area contributed by atoms with Gasteiger partial charge < -0.3 is 14.5 Å². The molecule has 3 atom stereocenters. The Kier molecular flexibility index (Phi) is 6.17. The fourth-order valence-corrected chi connectivity index (χ4v) is 3.20. The van der Waals surface area contributed by atoms with E-state index in [-0.39, 0.29) is 17.2 Å². The van der Waals surface area contributed by atoms with Gasteiger partial charge in [-0.1, -0.05) is 27.2 Å². The van der Waals surface area contributed by atoms with Gasteiger partial charge in [0.25, 0.3) is 0 Å². The smallest absolute Gasteiger partial charge is 0.344 e. The number of aromatic amines is 1. The van der Waals surface area contributed by atoms with E-state index in [0.29, 0.717) is 17.8 Å². The summed E-state index contributed by atoms with van der Waals surface area (Å²) in [5, 5.41) is 0. The molecule has 3 unspecified atom stereocenters. The van der Waals surface area contributed by atoms with Crippen molar-refractivity contribution in [1.82, 2.24) is 4.98 Å². The number of rotatable bonds is 5. The zero-order valence-corrected chi connectivity index (χ0v) is 14.4. The first-order chi connectivity index (χ1) is 11.4. The highest BCUT2D eigenvalue weighted by molar-refractivity contribution is 5.90. The van der Waals surface area contributed by atoms with Crippen molar-refractivity contribution in [2.75, 3.05) is 6.61 Å². The van der Waals surface area contributed by atoms with Gasteiger partial charge in [-0.15, -0.1) is 0 Å². The number of pyridine rings is 1. The molecule has 1 heterocycles. The maximum Gasteiger partial charge on any atom is 0.344 e. The summed E-state index contributed by atoms with van der Waals surface area (Å²) in [6.07, 6.45) is 4.19. The molecule has 0 spiro atoms. The molecule has 0 saturated heterocycles. The molecule has 1 aromatic heterocycles. The van der Waals surface area contributed by atoms with E-state index >= 15 is 0 Å². The molecule has 0 amide bonds. The quantitative estimate of drug-likeness (QED) is 0.836. The maximum atomic E-state index is 12.0. The van der Waals surface area contributed by atoms with E-state index in [1.54, 1.807) is 0 Å². The molecule has 1 aliphatic rings. The Labute approximate surface area is 141 Å². The number of carbonyl (C=O) groups is 2. The van der Waals surface area contributed by atoms with Crippen molar-refractivity contribution >= 4 is 11.9 Å². The number of hydrogen-bond acceptors (Lipinski definition) is 5. The van der Waals surface area contributed by atoms with E-state index in [0.717, 1.165) is 19.3 Å². The molecule has 6 heteroatoms. The summed E-state index contributed by atoms with van der Waals surface area (Å²) in [6, 6.07) is 2.58. The van der Waals surface area contributed by atoms with E-state index in [2.05, 4.69) is 25.8 Å². The molecular formula is C18H25NO5. The minimum Gasteiger partial charge on any atom is -0.460 e. The molecule has 0 aliphatic heterocycles. The second-order valence-corrected chi connectivity index (χ2v) is 6.87. The van der Waals surface area contributed by atoms with Gasteiger partial charge in [0.1, 0.15) is 6.10 Å². The molecule has 1 saturated carbocycles. The summed E-state index contributed by atoms with van der Waals surface area (Å²) >= 11 is 0. The third-order valence-electron chi connectivity index (χ3n) is 4.59. The molecule has 1 N–H and O–H groups in total. The molecule has 1 fully saturated rings. The van der Waals surface area contributed by atoms with Gasteiger partial charge in [0.2, 0.25) is 5.56 Å². The Hall–Kier alpha value is -2.11. The van der Waals surface area contributed by atoms with Crippen LogP contribution in [0.1, 0.15) is 50.4 Å². The van der Waals surface area contributed by atoms with Crippen molar-refractivity contribution in [3.8, 4) is 0 Å². The third-order valence-corrected chi connectivity index (χ3v) is 4.59. The van der Waals surface area contributed by atoms with Gasteiger partial charge in [0.15, 0.2) is 6.61 Å². The number of H-pyrrole nitrogens is 1. The number of ether oxygens (including phenoxy) is 2. The third kappa shape index (κ3) is 4.94. The standard InChI is InChI=1S/C18H25NO5/c1-11(2)14-6-4-12(3)8-15(14)24-17(21)10-23-18(22)13-5-7-16(20)19-9-13/h5,7,9,11-12,14-15H,4,6,8,10H2,1-3H3,(H,19,20). The second-order valence-electron chi connectivity index (χ2n) is 6.87. The molecule has 6 nitrogen and oxygen atoms in total. The minimum absolute atomic E-state index is 0.118. The van der Waals surface area contributed by atoms with Crippen LogP contribution >= 0.6 is 0 Å². The van der Waals surface area contributed by atoms with E-state index < -0.39 is 18.5 Å². The van der Waals surface area contributed by atoms with Crippen molar-refractivity contribution in [2.45, 2.75) is 46.1 Å². The minimum atomic E-state index is -0.666. The second kappa shape index (κ2) is 8.13. The molecule has 0 bridgehead atoms. The Morgan fingerprint density at radius 2 is 2.04 bits per heavy atom. The lowest BCUT2D eigenvalue weighted by molar-refractivity contribution is -0.159. The Morgan fingerprint density at radius 1 is 1.29 bits per heavy atom. The molecule has 0 aromatic carbocycles. The van der Waals surface area contributed by atoms with Crippen LogP contribution in [-0.4, -0.2) is 29.6 Å². The summed E-state index contributed by atoms with van der Waals surface area (Å²) in [5.74, 6) is 0.124. The lowest BCUT2D eigenvalue weighted by Crippen LogP contribution is -2.36. The molecule has 132 valence electrons. The highest BCUT2D eigenvalue weighted by Gasteiger charge is 2.33. The summed E-state index contributed by atoms with van der Waals surface area (Å²) in [6.45, 7) is 6.01. The van der Waals surface area contributed by atoms with Gasteiger partial charge in [0, 0.05) is 12.3 Å². The average molecular weight is 335 g/mol. The van der Waals surface area contributed by atoms with E-state index in [4.69, 9.17) is 9.47 Å². The lowest BCUT2D eigenvalue weighted by atomic mass is 9.75. The fourth-order valence-electron chi connectivity index (χ4n) is 3.20. The van der Waals surface area contributed by atoms with Crippen molar-refractivity contribution < 1.29 is 19.1 Å². The zero-order valence-electron chi connectivity index (χ0n) is 14.4. The van der Waals surface area contributed by atoms with Gasteiger partial charge in [-0.25, -0.2) is 9.59 Å². The van der Waals surface area contributed by atoms with Crippen LogP contribution in [0.2, 0.25) is 0 Å². The molecule has 1 aromatic rings. The Bertz CT molecular complexity index is 616. The first kappa shape index (κ1) is 18.2. The van der Waals surface area contributed by atoms with Crippen LogP contribution in [0.5, 0.6) is 0 Å². The van der Waals surface area contributed by atoms with Gasteiger partial charge in [0.05, 0.1) is 5.56 Å². The molecule has 2 rings (SSSR count). The summed E-state index contributed by atoms with van der Waals surface area (Å²) in [4.78, 5) is 37.2. The van der Waals surface area contributed by atoms with Crippen molar-refractivity contribution in [3.63, 3.8) is 0 Å². The first-order valence-corrected chi connectivity index (χ1v) is 8.42. The van der Waals surface area contributed by atoms with Gasteiger partial charge >= 0.3 is 11.9 Å². The van der Waals surface area contributed by atoms with Crippen LogP contribution < -0.4 is 5.56 Å². The van der Waals surface area contributed by atoms with Crippen LogP contribution in [0.25, 0.3) is 0 Å². The first-order valence-electron chi connectivity index (χ1n) is 8.42. The van der Waals surface area contributed by atoms with Crippen LogP contribution in [0.3, 0.4) is 0 Å².